The van der Waals surface area contributed by atoms with Gasteiger partial charge in [-0.3, -0.25) is 4.90 Å². The predicted molar refractivity (Wildman–Crippen MR) is 56.9 cm³/mol. The molecule has 1 aromatic rings. The second-order valence-corrected chi connectivity index (χ2v) is 4.05. The molecule has 0 radical (unpaired) electrons. The van der Waals surface area contributed by atoms with Crippen LogP contribution in [-0.4, -0.2) is 28.7 Å². The van der Waals surface area contributed by atoms with Crippen LogP contribution in [0.5, 0.6) is 0 Å². The number of hydrogen-bond donors (Lipinski definition) is 1. The fraction of sp³-hybridized carbons (Fsp3) is 0.500. The molecule has 1 heterocycles. The maximum atomic E-state index is 9.60. The van der Waals surface area contributed by atoms with Gasteiger partial charge in [0.25, 0.3) is 0 Å². The molecular weight excluding hydrogens is 174 g/mol. The Bertz CT molecular complexity index is 286. The first-order valence-corrected chi connectivity index (χ1v) is 5.23. The molecule has 0 bridgehead atoms. The molecule has 1 aliphatic rings. The Morgan fingerprint density at radius 3 is 2.64 bits per heavy atom. The van der Waals surface area contributed by atoms with Gasteiger partial charge in [0.15, 0.2) is 0 Å². The molecule has 0 amide bonds. The van der Waals surface area contributed by atoms with Crippen LogP contribution in [0.1, 0.15) is 18.9 Å². The van der Waals surface area contributed by atoms with Crippen LogP contribution in [0, 0.1) is 0 Å². The summed E-state index contributed by atoms with van der Waals surface area (Å²) in [5.74, 6) is 0. The molecule has 0 aromatic heterocycles. The fourth-order valence-electron chi connectivity index (χ4n) is 2.03. The largest absolute Gasteiger partial charge is 0.391 e. The molecule has 2 heteroatoms. The minimum Gasteiger partial charge on any atom is -0.391 e. The number of nitrogens with zero attached hydrogens (tertiary/aromatic N) is 1. The van der Waals surface area contributed by atoms with Crippen molar-refractivity contribution in [2.24, 2.45) is 0 Å². The zero-order valence-corrected chi connectivity index (χ0v) is 8.56. The monoisotopic (exact) mass is 191 g/mol. The normalized spacial score (nSPS) is 28.1. The second-order valence-electron chi connectivity index (χ2n) is 4.05. The van der Waals surface area contributed by atoms with Crippen LogP contribution < -0.4 is 0 Å². The van der Waals surface area contributed by atoms with Crippen LogP contribution in [0.2, 0.25) is 0 Å². The lowest BCUT2D eigenvalue weighted by Crippen LogP contribution is -2.31. The average molecular weight is 191 g/mol. The van der Waals surface area contributed by atoms with Crippen molar-refractivity contribution in [3.05, 3.63) is 35.9 Å². The van der Waals surface area contributed by atoms with Crippen molar-refractivity contribution < 1.29 is 5.11 Å². The lowest BCUT2D eigenvalue weighted by Gasteiger charge is -2.22. The molecule has 1 fully saturated rings. The highest BCUT2D eigenvalue weighted by Crippen LogP contribution is 2.19. The van der Waals surface area contributed by atoms with E-state index < -0.39 is 0 Å². The molecule has 1 saturated heterocycles. The molecule has 1 aliphatic heterocycles. The molecule has 1 aromatic carbocycles. The number of aliphatic hydroxyl groups excluding tert-OH is 1. The van der Waals surface area contributed by atoms with E-state index in [4.69, 9.17) is 0 Å². The van der Waals surface area contributed by atoms with Gasteiger partial charge < -0.3 is 5.11 Å². The SMILES string of the molecule is C[C@@H]1[C@@H](O)CCN1Cc1ccccc1. The third kappa shape index (κ3) is 1.97. The Morgan fingerprint density at radius 2 is 2.07 bits per heavy atom. The van der Waals surface area contributed by atoms with Crippen molar-refractivity contribution in [1.82, 2.24) is 4.90 Å². The maximum absolute atomic E-state index is 9.60. The number of hydrogen-bond acceptors (Lipinski definition) is 2. The molecular formula is C12H17NO. The van der Waals surface area contributed by atoms with Crippen LogP contribution in [0.3, 0.4) is 0 Å². The van der Waals surface area contributed by atoms with Crippen molar-refractivity contribution >= 4 is 0 Å². The molecule has 0 spiro atoms. The Labute approximate surface area is 85.2 Å². The van der Waals surface area contributed by atoms with E-state index in [0.29, 0.717) is 6.04 Å². The standard InChI is InChI=1S/C12H17NO/c1-10-12(14)7-8-13(10)9-11-5-3-2-4-6-11/h2-6,10,12,14H,7-9H2,1H3/t10-,12+/m1/s1. The number of aliphatic hydroxyl groups is 1. The zero-order valence-electron chi connectivity index (χ0n) is 8.56. The topological polar surface area (TPSA) is 23.5 Å². The third-order valence-corrected chi connectivity index (χ3v) is 3.07. The minimum absolute atomic E-state index is 0.140. The Kier molecular flexibility index (Phi) is 2.85. The Hall–Kier alpha value is -0.860. The van der Waals surface area contributed by atoms with Gasteiger partial charge in [0, 0.05) is 19.1 Å². The highest BCUT2D eigenvalue weighted by atomic mass is 16.3. The van der Waals surface area contributed by atoms with E-state index in [9.17, 15) is 5.11 Å². The van der Waals surface area contributed by atoms with Crippen LogP contribution in [0.25, 0.3) is 0 Å². The summed E-state index contributed by atoms with van der Waals surface area (Å²) < 4.78 is 0. The summed E-state index contributed by atoms with van der Waals surface area (Å²) in [6.07, 6.45) is 0.771. The number of benzene rings is 1. The van der Waals surface area contributed by atoms with Gasteiger partial charge in [-0.15, -0.1) is 0 Å². The van der Waals surface area contributed by atoms with Gasteiger partial charge in [0.2, 0.25) is 0 Å². The average Bonchev–Trinajstić information content (AvgIpc) is 2.52. The molecule has 2 nitrogen and oxygen atoms in total. The number of rotatable bonds is 2. The summed E-state index contributed by atoms with van der Waals surface area (Å²) in [6.45, 7) is 4.07. The Morgan fingerprint density at radius 1 is 1.36 bits per heavy atom. The lowest BCUT2D eigenvalue weighted by molar-refractivity contribution is 0.123. The molecule has 14 heavy (non-hydrogen) atoms. The molecule has 0 saturated carbocycles. The van der Waals surface area contributed by atoms with Crippen molar-refractivity contribution in [3.8, 4) is 0 Å². The smallest absolute Gasteiger partial charge is 0.0705 e. The van der Waals surface area contributed by atoms with Gasteiger partial charge in [-0.1, -0.05) is 30.3 Å². The van der Waals surface area contributed by atoms with E-state index in [1.54, 1.807) is 0 Å². The van der Waals surface area contributed by atoms with E-state index in [2.05, 4.69) is 36.1 Å². The number of likely N-dealkylation sites (tertiary alicyclic amines) is 1. The van der Waals surface area contributed by atoms with Gasteiger partial charge in [0.05, 0.1) is 6.10 Å². The van der Waals surface area contributed by atoms with E-state index in [1.165, 1.54) is 5.56 Å². The third-order valence-electron chi connectivity index (χ3n) is 3.07. The molecule has 76 valence electrons. The van der Waals surface area contributed by atoms with Crippen molar-refractivity contribution in [3.63, 3.8) is 0 Å². The van der Waals surface area contributed by atoms with Gasteiger partial charge in [0.1, 0.15) is 0 Å². The maximum Gasteiger partial charge on any atom is 0.0705 e. The Balaban J connectivity index is 1.99. The van der Waals surface area contributed by atoms with Gasteiger partial charge in [-0.2, -0.15) is 0 Å². The zero-order chi connectivity index (χ0) is 9.97. The lowest BCUT2D eigenvalue weighted by atomic mass is 10.2. The van der Waals surface area contributed by atoms with Crippen LogP contribution >= 0.6 is 0 Å². The quantitative estimate of drug-likeness (QED) is 0.768. The van der Waals surface area contributed by atoms with E-state index in [0.717, 1.165) is 19.5 Å². The van der Waals surface area contributed by atoms with Gasteiger partial charge >= 0.3 is 0 Å². The fourth-order valence-corrected chi connectivity index (χ4v) is 2.03. The first-order valence-electron chi connectivity index (χ1n) is 5.23. The van der Waals surface area contributed by atoms with E-state index in [1.807, 2.05) is 6.07 Å². The highest BCUT2D eigenvalue weighted by Gasteiger charge is 2.28. The van der Waals surface area contributed by atoms with Crippen molar-refractivity contribution in [2.75, 3.05) is 6.54 Å². The summed E-state index contributed by atoms with van der Waals surface area (Å²) >= 11 is 0. The van der Waals surface area contributed by atoms with Gasteiger partial charge in [-0.25, -0.2) is 0 Å². The summed E-state index contributed by atoms with van der Waals surface area (Å²) in [4.78, 5) is 2.33. The molecule has 1 N–H and O–H groups in total. The summed E-state index contributed by atoms with van der Waals surface area (Å²) in [7, 11) is 0. The van der Waals surface area contributed by atoms with Crippen LogP contribution in [-0.2, 0) is 6.54 Å². The van der Waals surface area contributed by atoms with Crippen LogP contribution in [0.4, 0.5) is 0 Å². The van der Waals surface area contributed by atoms with E-state index in [-0.39, 0.29) is 6.10 Å². The molecule has 0 unspecified atom stereocenters. The molecule has 2 rings (SSSR count). The summed E-state index contributed by atoms with van der Waals surface area (Å²) in [5, 5.41) is 9.60. The summed E-state index contributed by atoms with van der Waals surface area (Å²) in [5.41, 5.74) is 1.33. The minimum atomic E-state index is -0.140. The second kappa shape index (κ2) is 4.11. The molecule has 2 atom stereocenters. The van der Waals surface area contributed by atoms with Crippen molar-refractivity contribution in [1.29, 1.82) is 0 Å². The summed E-state index contributed by atoms with van der Waals surface area (Å²) in [6, 6.07) is 10.7. The molecule has 0 aliphatic carbocycles. The first-order chi connectivity index (χ1) is 6.77. The van der Waals surface area contributed by atoms with Crippen molar-refractivity contribution in [2.45, 2.75) is 32.0 Å². The predicted octanol–water partition coefficient (Wildman–Crippen LogP) is 1.64. The van der Waals surface area contributed by atoms with E-state index >= 15 is 0 Å². The van der Waals surface area contributed by atoms with Crippen LogP contribution in [0.15, 0.2) is 30.3 Å². The van der Waals surface area contributed by atoms with Gasteiger partial charge in [-0.05, 0) is 18.9 Å². The highest BCUT2D eigenvalue weighted by molar-refractivity contribution is 5.14. The first kappa shape index (κ1) is 9.69.